The molecule has 5 heteroatoms. The van der Waals surface area contributed by atoms with Gasteiger partial charge in [0, 0.05) is 29.0 Å². The summed E-state index contributed by atoms with van der Waals surface area (Å²) in [6.07, 6.45) is 4.93. The van der Waals surface area contributed by atoms with Crippen molar-refractivity contribution in [2.24, 2.45) is 5.10 Å². The molecule has 0 spiro atoms. The minimum atomic E-state index is -0.415. The summed E-state index contributed by atoms with van der Waals surface area (Å²) in [5.41, 5.74) is 4.29. The molecule has 3 rings (SSSR count). The van der Waals surface area contributed by atoms with Crippen molar-refractivity contribution in [3.05, 3.63) is 72.6 Å². The molecule has 0 aliphatic rings. The van der Waals surface area contributed by atoms with Gasteiger partial charge in [-0.2, -0.15) is 5.10 Å². The van der Waals surface area contributed by atoms with Gasteiger partial charge in [0.1, 0.15) is 6.04 Å². The highest BCUT2D eigenvalue weighted by atomic mass is 16.2. The number of hydrogen-bond acceptors (Lipinski definition) is 4. The molecule has 0 aliphatic carbocycles. The average molecular weight is 318 g/mol. The van der Waals surface area contributed by atoms with E-state index >= 15 is 0 Å². The molecule has 0 saturated carbocycles. The van der Waals surface area contributed by atoms with E-state index in [9.17, 15) is 4.79 Å². The lowest BCUT2D eigenvalue weighted by molar-refractivity contribution is -0.121. The van der Waals surface area contributed by atoms with Crippen LogP contribution < -0.4 is 10.7 Å². The summed E-state index contributed by atoms with van der Waals surface area (Å²) in [4.78, 5) is 16.2. The van der Waals surface area contributed by atoms with Crippen LogP contribution in [0.15, 0.2) is 72.1 Å². The molecule has 0 bridgehead atoms. The molecule has 2 aromatic carbocycles. The number of anilines is 1. The molecular weight excluding hydrogens is 300 g/mol. The second-order valence-corrected chi connectivity index (χ2v) is 5.41. The number of nitrogens with zero attached hydrogens (tertiary/aromatic N) is 2. The summed E-state index contributed by atoms with van der Waals surface area (Å²) in [5, 5.41) is 9.41. The van der Waals surface area contributed by atoms with E-state index in [-0.39, 0.29) is 5.91 Å². The Hall–Kier alpha value is -3.21. The maximum absolute atomic E-state index is 12.2. The normalized spacial score (nSPS) is 12.2. The first-order chi connectivity index (χ1) is 11.7. The standard InChI is InChI=1S/C19H18N4O/c1-14(19(24)23-21-13-15-6-5-11-20-12-15)22-18-10-4-8-16-7-2-3-9-17(16)18/h2-14,22H,1H3,(H,23,24)/b21-13-/t14-/m1/s1. The molecule has 1 heterocycles. The molecular formula is C19H18N4O. The third-order valence-corrected chi connectivity index (χ3v) is 3.63. The molecule has 0 aliphatic heterocycles. The molecule has 120 valence electrons. The summed E-state index contributed by atoms with van der Waals surface area (Å²) < 4.78 is 0. The highest BCUT2D eigenvalue weighted by Crippen LogP contribution is 2.23. The van der Waals surface area contributed by atoms with Crippen LogP contribution in [0, 0.1) is 0 Å². The number of aromatic nitrogens is 1. The van der Waals surface area contributed by atoms with Gasteiger partial charge in [0.25, 0.3) is 5.91 Å². The van der Waals surface area contributed by atoms with E-state index in [1.807, 2.05) is 54.6 Å². The van der Waals surface area contributed by atoms with Crippen molar-refractivity contribution in [3.63, 3.8) is 0 Å². The van der Waals surface area contributed by atoms with Crippen molar-refractivity contribution in [1.82, 2.24) is 10.4 Å². The Morgan fingerprint density at radius 3 is 2.79 bits per heavy atom. The third kappa shape index (κ3) is 3.76. The van der Waals surface area contributed by atoms with Gasteiger partial charge in [0.05, 0.1) is 6.21 Å². The number of fused-ring (bicyclic) bond motifs is 1. The SMILES string of the molecule is C[C@@H](Nc1cccc2ccccc12)C(=O)N/N=C\c1cccnc1. The van der Waals surface area contributed by atoms with Crippen LogP contribution in [0.3, 0.4) is 0 Å². The van der Waals surface area contributed by atoms with Crippen LogP contribution >= 0.6 is 0 Å². The minimum absolute atomic E-state index is 0.205. The second-order valence-electron chi connectivity index (χ2n) is 5.41. The lowest BCUT2D eigenvalue weighted by atomic mass is 10.1. The Balaban J connectivity index is 1.64. The molecule has 0 saturated heterocycles. The molecule has 0 unspecified atom stereocenters. The van der Waals surface area contributed by atoms with Crippen molar-refractivity contribution in [2.45, 2.75) is 13.0 Å². The number of hydrogen-bond donors (Lipinski definition) is 2. The van der Waals surface area contributed by atoms with E-state index in [1.54, 1.807) is 25.5 Å². The zero-order valence-electron chi connectivity index (χ0n) is 13.3. The quantitative estimate of drug-likeness (QED) is 0.561. The number of carbonyl (C=O) groups excluding carboxylic acids is 1. The number of pyridine rings is 1. The zero-order chi connectivity index (χ0) is 16.8. The third-order valence-electron chi connectivity index (χ3n) is 3.63. The van der Waals surface area contributed by atoms with E-state index < -0.39 is 6.04 Å². The number of carbonyl (C=O) groups is 1. The second kappa shape index (κ2) is 7.37. The fourth-order valence-electron chi connectivity index (χ4n) is 2.37. The molecule has 2 N–H and O–H groups in total. The first-order valence-corrected chi connectivity index (χ1v) is 7.71. The number of hydrazone groups is 1. The smallest absolute Gasteiger partial charge is 0.262 e. The Bertz CT molecular complexity index is 856. The van der Waals surface area contributed by atoms with Crippen LogP contribution in [-0.2, 0) is 4.79 Å². The number of benzene rings is 2. The molecule has 1 amide bonds. The van der Waals surface area contributed by atoms with Crippen molar-refractivity contribution in [2.75, 3.05) is 5.32 Å². The fourth-order valence-corrected chi connectivity index (χ4v) is 2.37. The summed E-state index contributed by atoms with van der Waals surface area (Å²) in [5.74, 6) is -0.205. The molecule has 0 radical (unpaired) electrons. The summed E-state index contributed by atoms with van der Waals surface area (Å²) in [7, 11) is 0. The molecule has 24 heavy (non-hydrogen) atoms. The molecule has 5 nitrogen and oxygen atoms in total. The molecule has 1 aromatic heterocycles. The van der Waals surface area contributed by atoms with E-state index in [4.69, 9.17) is 0 Å². The summed E-state index contributed by atoms with van der Waals surface area (Å²) in [6, 6.07) is 17.3. The van der Waals surface area contributed by atoms with Gasteiger partial charge in [0.2, 0.25) is 0 Å². The first kappa shape index (κ1) is 15.7. The summed E-state index contributed by atoms with van der Waals surface area (Å²) >= 11 is 0. The lowest BCUT2D eigenvalue weighted by Gasteiger charge is -2.15. The van der Waals surface area contributed by atoms with Crippen molar-refractivity contribution < 1.29 is 4.79 Å². The Labute approximate surface area is 140 Å². The van der Waals surface area contributed by atoms with Crippen molar-refractivity contribution >= 4 is 28.6 Å². The van der Waals surface area contributed by atoms with E-state index in [0.29, 0.717) is 0 Å². The maximum atomic E-state index is 12.2. The van der Waals surface area contributed by atoms with Crippen LogP contribution in [0.25, 0.3) is 10.8 Å². The predicted octanol–water partition coefficient (Wildman–Crippen LogP) is 3.19. The molecule has 0 fully saturated rings. The predicted molar refractivity (Wildman–Crippen MR) is 97.0 cm³/mol. The van der Waals surface area contributed by atoms with Crippen LogP contribution in [0.1, 0.15) is 12.5 Å². The Kier molecular flexibility index (Phi) is 4.81. The first-order valence-electron chi connectivity index (χ1n) is 7.71. The van der Waals surface area contributed by atoms with Gasteiger partial charge in [-0.15, -0.1) is 0 Å². The largest absolute Gasteiger partial charge is 0.373 e. The topological polar surface area (TPSA) is 66.4 Å². The van der Waals surface area contributed by atoms with Crippen LogP contribution in [-0.4, -0.2) is 23.1 Å². The van der Waals surface area contributed by atoms with Crippen LogP contribution in [0.4, 0.5) is 5.69 Å². The van der Waals surface area contributed by atoms with Gasteiger partial charge in [-0.1, -0.05) is 42.5 Å². The Morgan fingerprint density at radius 1 is 1.12 bits per heavy atom. The van der Waals surface area contributed by atoms with E-state index in [2.05, 4.69) is 20.8 Å². The van der Waals surface area contributed by atoms with Gasteiger partial charge in [-0.3, -0.25) is 9.78 Å². The zero-order valence-corrected chi connectivity index (χ0v) is 13.3. The highest BCUT2D eigenvalue weighted by Gasteiger charge is 2.12. The Morgan fingerprint density at radius 2 is 1.96 bits per heavy atom. The monoisotopic (exact) mass is 318 g/mol. The lowest BCUT2D eigenvalue weighted by Crippen LogP contribution is -2.34. The highest BCUT2D eigenvalue weighted by molar-refractivity contribution is 5.96. The fraction of sp³-hybridized carbons (Fsp3) is 0.105. The van der Waals surface area contributed by atoms with Gasteiger partial charge >= 0.3 is 0 Å². The minimum Gasteiger partial charge on any atom is -0.373 e. The maximum Gasteiger partial charge on any atom is 0.262 e. The van der Waals surface area contributed by atoms with Crippen molar-refractivity contribution in [3.8, 4) is 0 Å². The van der Waals surface area contributed by atoms with Gasteiger partial charge in [-0.25, -0.2) is 5.43 Å². The number of nitrogens with one attached hydrogen (secondary N) is 2. The van der Waals surface area contributed by atoms with Gasteiger partial charge in [-0.05, 0) is 24.4 Å². The van der Waals surface area contributed by atoms with E-state index in [0.717, 1.165) is 22.0 Å². The molecule has 1 atom stereocenters. The number of rotatable bonds is 5. The number of amides is 1. The summed E-state index contributed by atoms with van der Waals surface area (Å²) in [6.45, 7) is 1.80. The van der Waals surface area contributed by atoms with Crippen LogP contribution in [0.2, 0.25) is 0 Å². The van der Waals surface area contributed by atoms with E-state index in [1.165, 1.54) is 0 Å². The van der Waals surface area contributed by atoms with Gasteiger partial charge in [0.15, 0.2) is 0 Å². The molecule has 3 aromatic rings. The van der Waals surface area contributed by atoms with Gasteiger partial charge < -0.3 is 5.32 Å². The van der Waals surface area contributed by atoms with Crippen LogP contribution in [0.5, 0.6) is 0 Å². The van der Waals surface area contributed by atoms with Crippen molar-refractivity contribution in [1.29, 1.82) is 0 Å². The average Bonchev–Trinajstić information content (AvgIpc) is 2.63.